The second-order valence-electron chi connectivity index (χ2n) is 5.42. The highest BCUT2D eigenvalue weighted by Crippen LogP contribution is 2.25. The highest BCUT2D eigenvalue weighted by atomic mass is 35.5. The maximum Gasteiger partial charge on any atom is 0.337 e. The summed E-state index contributed by atoms with van der Waals surface area (Å²) in [6.07, 6.45) is 2.50. The molecule has 0 atom stereocenters. The van der Waals surface area contributed by atoms with Crippen molar-refractivity contribution in [3.63, 3.8) is 0 Å². The zero-order chi connectivity index (χ0) is 19.1. The number of halogens is 1. The minimum Gasteiger partial charge on any atom is -0.469 e. The molecule has 2 rings (SSSR count). The molecule has 138 valence electrons. The number of anilines is 2. The van der Waals surface area contributed by atoms with Crippen LogP contribution < -0.4 is 21.5 Å². The summed E-state index contributed by atoms with van der Waals surface area (Å²) in [6.45, 7) is 3.53. The third-order valence-electron chi connectivity index (χ3n) is 3.37. The molecule has 0 aliphatic rings. The first kappa shape index (κ1) is 19.3. The van der Waals surface area contributed by atoms with E-state index in [-0.39, 0.29) is 16.6 Å². The normalized spacial score (nSPS) is 10.1. The van der Waals surface area contributed by atoms with Gasteiger partial charge in [0.2, 0.25) is 5.91 Å². The van der Waals surface area contributed by atoms with E-state index in [1.807, 2.05) is 6.92 Å². The van der Waals surface area contributed by atoms with E-state index in [9.17, 15) is 14.4 Å². The minimum absolute atomic E-state index is 0.132. The van der Waals surface area contributed by atoms with E-state index < -0.39 is 11.9 Å². The predicted molar refractivity (Wildman–Crippen MR) is 98.1 cm³/mol. The summed E-state index contributed by atoms with van der Waals surface area (Å²) in [4.78, 5) is 35.5. The number of nitrogens with one attached hydrogen (secondary N) is 4. The summed E-state index contributed by atoms with van der Waals surface area (Å²) < 4.78 is 5.02. The first-order chi connectivity index (χ1) is 12.4. The Morgan fingerprint density at radius 1 is 1.12 bits per heavy atom. The molecule has 0 spiro atoms. The predicted octanol–water partition coefficient (Wildman–Crippen LogP) is 3.45. The van der Waals surface area contributed by atoms with E-state index in [0.717, 1.165) is 6.42 Å². The van der Waals surface area contributed by atoms with Gasteiger partial charge in [0.05, 0.1) is 22.5 Å². The van der Waals surface area contributed by atoms with Crippen LogP contribution in [0.2, 0.25) is 5.02 Å². The molecule has 0 aliphatic heterocycles. The molecule has 0 fully saturated rings. The van der Waals surface area contributed by atoms with Crippen molar-refractivity contribution in [2.45, 2.75) is 26.7 Å². The number of hydrogen-bond acceptors (Lipinski definition) is 4. The number of amides is 4. The second-order valence-corrected chi connectivity index (χ2v) is 5.82. The topological polar surface area (TPSA) is 112 Å². The number of urea groups is 1. The molecular weight excluding hydrogens is 360 g/mol. The molecule has 0 radical (unpaired) electrons. The van der Waals surface area contributed by atoms with Crippen molar-refractivity contribution in [1.29, 1.82) is 0 Å². The van der Waals surface area contributed by atoms with E-state index in [1.54, 1.807) is 19.1 Å². The average molecular weight is 379 g/mol. The lowest BCUT2D eigenvalue weighted by molar-refractivity contribution is -0.116. The van der Waals surface area contributed by atoms with Crippen molar-refractivity contribution in [1.82, 2.24) is 10.9 Å². The van der Waals surface area contributed by atoms with Crippen LogP contribution in [-0.2, 0) is 4.79 Å². The lowest BCUT2D eigenvalue weighted by Crippen LogP contribution is -2.44. The van der Waals surface area contributed by atoms with Gasteiger partial charge in [0.15, 0.2) is 0 Å². The number of furan rings is 1. The summed E-state index contributed by atoms with van der Waals surface area (Å²) >= 11 is 6.05. The molecule has 0 saturated carbocycles. The molecule has 1 aromatic carbocycles. The van der Waals surface area contributed by atoms with Crippen LogP contribution in [0.15, 0.2) is 34.9 Å². The summed E-state index contributed by atoms with van der Waals surface area (Å²) in [5.74, 6) is -0.214. The van der Waals surface area contributed by atoms with Crippen LogP contribution in [0.25, 0.3) is 0 Å². The van der Waals surface area contributed by atoms with Gasteiger partial charge in [-0.25, -0.2) is 10.2 Å². The number of benzene rings is 1. The van der Waals surface area contributed by atoms with Crippen LogP contribution >= 0.6 is 11.6 Å². The van der Waals surface area contributed by atoms with Crippen LogP contribution in [0.4, 0.5) is 16.2 Å². The zero-order valence-electron chi connectivity index (χ0n) is 14.3. The van der Waals surface area contributed by atoms with Gasteiger partial charge < -0.3 is 15.1 Å². The van der Waals surface area contributed by atoms with Crippen molar-refractivity contribution in [3.05, 3.63) is 46.9 Å². The molecule has 0 aliphatic carbocycles. The fourth-order valence-corrected chi connectivity index (χ4v) is 2.27. The quantitative estimate of drug-likeness (QED) is 0.597. The number of hydrazine groups is 1. The van der Waals surface area contributed by atoms with E-state index in [2.05, 4.69) is 21.5 Å². The fraction of sp³-hybridized carbons (Fsp3) is 0.235. The van der Waals surface area contributed by atoms with Crippen molar-refractivity contribution >= 4 is 40.8 Å². The molecule has 26 heavy (non-hydrogen) atoms. The number of aryl methyl sites for hydroxylation is 1. The zero-order valence-corrected chi connectivity index (χ0v) is 15.1. The van der Waals surface area contributed by atoms with Crippen LogP contribution in [0.3, 0.4) is 0 Å². The molecule has 4 N–H and O–H groups in total. The maximum absolute atomic E-state index is 12.0. The monoisotopic (exact) mass is 378 g/mol. The molecular formula is C17H19ClN4O4. The molecule has 1 heterocycles. The smallest absolute Gasteiger partial charge is 0.337 e. The fourth-order valence-electron chi connectivity index (χ4n) is 2.10. The Labute approximate surface area is 155 Å². The summed E-state index contributed by atoms with van der Waals surface area (Å²) in [5, 5.41) is 5.49. The van der Waals surface area contributed by atoms with Crippen molar-refractivity contribution in [2.24, 2.45) is 0 Å². The summed E-state index contributed by atoms with van der Waals surface area (Å²) in [6, 6.07) is 5.49. The lowest BCUT2D eigenvalue weighted by Gasteiger charge is -2.12. The Hall–Kier alpha value is -3.00. The molecule has 0 unspecified atom stereocenters. The highest BCUT2D eigenvalue weighted by molar-refractivity contribution is 6.33. The molecule has 1 aromatic heterocycles. The van der Waals surface area contributed by atoms with Gasteiger partial charge in [0.1, 0.15) is 5.76 Å². The number of carbonyl (C=O) groups excluding carboxylic acids is 3. The van der Waals surface area contributed by atoms with Crippen LogP contribution in [0, 0.1) is 6.92 Å². The van der Waals surface area contributed by atoms with E-state index in [1.165, 1.54) is 18.4 Å². The van der Waals surface area contributed by atoms with Gasteiger partial charge in [-0.05, 0) is 37.6 Å². The van der Waals surface area contributed by atoms with Crippen molar-refractivity contribution in [3.8, 4) is 0 Å². The van der Waals surface area contributed by atoms with Gasteiger partial charge in [-0.2, -0.15) is 0 Å². The van der Waals surface area contributed by atoms with Crippen molar-refractivity contribution in [2.75, 3.05) is 10.6 Å². The number of rotatable bonds is 5. The summed E-state index contributed by atoms with van der Waals surface area (Å²) in [7, 11) is 0. The van der Waals surface area contributed by atoms with Gasteiger partial charge in [0.25, 0.3) is 5.91 Å². The Bertz CT molecular complexity index is 819. The Morgan fingerprint density at radius 3 is 2.54 bits per heavy atom. The maximum atomic E-state index is 12.0. The third-order valence-corrected chi connectivity index (χ3v) is 3.70. The van der Waals surface area contributed by atoms with E-state index in [0.29, 0.717) is 23.4 Å². The standard InChI is InChI=1S/C17H19ClN4O4/c1-3-4-15(23)19-11-5-6-13(18)14(9-11)20-17(25)22-21-16(24)12-7-8-26-10(12)2/h5-9H,3-4H2,1-2H3,(H,19,23)(H,21,24)(H2,20,22,25). The molecule has 0 bridgehead atoms. The first-order valence-electron chi connectivity index (χ1n) is 7.91. The molecule has 9 heteroatoms. The van der Waals surface area contributed by atoms with Gasteiger partial charge >= 0.3 is 6.03 Å². The molecule has 0 saturated heterocycles. The number of carbonyl (C=O) groups is 3. The highest BCUT2D eigenvalue weighted by Gasteiger charge is 2.13. The average Bonchev–Trinajstić information content (AvgIpc) is 3.02. The second kappa shape index (κ2) is 8.91. The minimum atomic E-state index is -0.696. The Kier molecular flexibility index (Phi) is 6.62. The molecule has 2 aromatic rings. The Morgan fingerprint density at radius 2 is 1.88 bits per heavy atom. The lowest BCUT2D eigenvalue weighted by atomic mass is 10.2. The van der Waals surface area contributed by atoms with Gasteiger partial charge in [-0.3, -0.25) is 15.0 Å². The summed E-state index contributed by atoms with van der Waals surface area (Å²) in [5.41, 5.74) is 5.57. The van der Waals surface area contributed by atoms with E-state index in [4.69, 9.17) is 16.0 Å². The third kappa shape index (κ3) is 5.25. The molecule has 8 nitrogen and oxygen atoms in total. The van der Waals surface area contributed by atoms with Crippen LogP contribution in [0.5, 0.6) is 0 Å². The van der Waals surface area contributed by atoms with E-state index >= 15 is 0 Å². The van der Waals surface area contributed by atoms with Crippen LogP contribution in [0.1, 0.15) is 35.9 Å². The van der Waals surface area contributed by atoms with Crippen LogP contribution in [-0.4, -0.2) is 17.8 Å². The van der Waals surface area contributed by atoms with Gasteiger partial charge in [-0.15, -0.1) is 0 Å². The van der Waals surface area contributed by atoms with Gasteiger partial charge in [-0.1, -0.05) is 18.5 Å². The number of hydrogen-bond donors (Lipinski definition) is 4. The van der Waals surface area contributed by atoms with Crippen molar-refractivity contribution < 1.29 is 18.8 Å². The largest absolute Gasteiger partial charge is 0.469 e. The molecule has 4 amide bonds. The Balaban J connectivity index is 1.94. The van der Waals surface area contributed by atoms with Gasteiger partial charge in [0, 0.05) is 12.1 Å². The SMILES string of the molecule is CCCC(=O)Nc1ccc(Cl)c(NC(=O)NNC(=O)c2ccoc2C)c1. The first-order valence-corrected chi connectivity index (χ1v) is 8.29.